The van der Waals surface area contributed by atoms with Crippen LogP contribution in [0.3, 0.4) is 0 Å². The van der Waals surface area contributed by atoms with Crippen LogP contribution in [-0.2, 0) is 11.3 Å². The summed E-state index contributed by atoms with van der Waals surface area (Å²) in [5.74, 6) is -0.291. The molecule has 2 aromatic heterocycles. The van der Waals surface area contributed by atoms with Gasteiger partial charge in [0.05, 0.1) is 16.6 Å². The van der Waals surface area contributed by atoms with Crippen LogP contribution in [0.4, 0.5) is 4.39 Å². The van der Waals surface area contributed by atoms with Crippen molar-refractivity contribution in [3.63, 3.8) is 0 Å². The lowest BCUT2D eigenvalue weighted by molar-refractivity contribution is -0.108. The van der Waals surface area contributed by atoms with Gasteiger partial charge in [-0.2, -0.15) is 0 Å². The maximum Gasteiger partial charge on any atom is 0.265 e. The van der Waals surface area contributed by atoms with Gasteiger partial charge in [0.2, 0.25) is 0 Å². The maximum atomic E-state index is 14.2. The summed E-state index contributed by atoms with van der Waals surface area (Å²) in [6.45, 7) is 4.56. The number of aldehydes is 1. The number of aromatic nitrogens is 2. The molecule has 34 heavy (non-hydrogen) atoms. The van der Waals surface area contributed by atoms with Gasteiger partial charge in [0, 0.05) is 35.1 Å². The zero-order chi connectivity index (χ0) is 23.8. The number of pyridine rings is 1. The zero-order valence-corrected chi connectivity index (χ0v) is 19.2. The Hall–Kier alpha value is -3.99. The molecule has 4 nitrogen and oxygen atoms in total. The largest absolute Gasteiger partial charge is 0.343 e. The molecule has 0 spiro atoms. The highest BCUT2D eigenvalue weighted by Gasteiger charge is 2.26. The van der Waals surface area contributed by atoms with E-state index in [1.165, 1.54) is 12.1 Å². The lowest BCUT2D eigenvalue weighted by Gasteiger charge is -2.15. The summed E-state index contributed by atoms with van der Waals surface area (Å²) < 4.78 is 17.7. The highest BCUT2D eigenvalue weighted by atomic mass is 19.1. The highest BCUT2D eigenvalue weighted by molar-refractivity contribution is 6.14. The summed E-state index contributed by atoms with van der Waals surface area (Å²) in [6.07, 6.45) is 1.21. The number of hydrogen-bond acceptors (Lipinski definition) is 2. The molecule has 0 aliphatic rings. The Balaban J connectivity index is 2.04. The van der Waals surface area contributed by atoms with E-state index in [0.717, 1.165) is 45.2 Å². The molecule has 170 valence electrons. The van der Waals surface area contributed by atoms with Gasteiger partial charge >= 0.3 is 0 Å². The second-order valence-electron chi connectivity index (χ2n) is 8.75. The fraction of sp³-hybridized carbons (Fsp3) is 0.172. The Labute approximate surface area is 196 Å². The van der Waals surface area contributed by atoms with Gasteiger partial charge in [-0.3, -0.25) is 9.36 Å². The van der Waals surface area contributed by atoms with Crippen molar-refractivity contribution in [2.75, 3.05) is 0 Å². The zero-order valence-electron chi connectivity index (χ0n) is 19.2. The van der Waals surface area contributed by atoms with E-state index in [2.05, 4.69) is 18.4 Å². The molecule has 5 rings (SSSR count). The SMILES string of the molecule is CC(C)c1c2c(=O)n(-c3ccccc3)c3ccccc3c2c(-c2ccc(F)cc2)n1CCC=O. The highest BCUT2D eigenvalue weighted by Crippen LogP contribution is 2.40. The summed E-state index contributed by atoms with van der Waals surface area (Å²) in [5.41, 5.74) is 4.04. The number of benzene rings is 3. The summed E-state index contributed by atoms with van der Waals surface area (Å²) in [5, 5.41) is 2.42. The topological polar surface area (TPSA) is 44.0 Å². The lowest BCUT2D eigenvalue weighted by Crippen LogP contribution is -2.20. The Morgan fingerprint density at radius 2 is 1.56 bits per heavy atom. The molecular formula is C29H25FN2O2. The Morgan fingerprint density at radius 3 is 2.24 bits per heavy atom. The predicted molar refractivity (Wildman–Crippen MR) is 135 cm³/mol. The van der Waals surface area contributed by atoms with Crippen LogP contribution in [0.1, 0.15) is 31.9 Å². The number of carbonyl (C=O) groups excluding carboxylic acids is 1. The minimum absolute atomic E-state index is 0.0291. The van der Waals surface area contributed by atoms with Crippen molar-refractivity contribution in [1.82, 2.24) is 9.13 Å². The number of fused-ring (bicyclic) bond motifs is 3. The van der Waals surface area contributed by atoms with Crippen LogP contribution in [0.5, 0.6) is 0 Å². The third kappa shape index (κ3) is 3.45. The first-order chi connectivity index (χ1) is 16.5. The molecule has 0 saturated carbocycles. The third-order valence-electron chi connectivity index (χ3n) is 6.28. The number of nitrogens with zero attached hydrogens (tertiary/aromatic N) is 2. The minimum atomic E-state index is -0.320. The second-order valence-corrected chi connectivity index (χ2v) is 8.75. The molecule has 0 aliphatic carbocycles. The predicted octanol–water partition coefficient (Wildman–Crippen LogP) is 6.46. The minimum Gasteiger partial charge on any atom is -0.343 e. The maximum absolute atomic E-state index is 14.2. The first kappa shape index (κ1) is 21.8. The van der Waals surface area contributed by atoms with E-state index in [-0.39, 0.29) is 17.3 Å². The van der Waals surface area contributed by atoms with Gasteiger partial charge in [-0.25, -0.2) is 4.39 Å². The number of hydrogen-bond donors (Lipinski definition) is 0. The van der Waals surface area contributed by atoms with Crippen LogP contribution >= 0.6 is 0 Å². The van der Waals surface area contributed by atoms with E-state index in [9.17, 15) is 14.0 Å². The Morgan fingerprint density at radius 1 is 0.882 bits per heavy atom. The molecule has 0 atom stereocenters. The van der Waals surface area contributed by atoms with Crippen molar-refractivity contribution in [3.8, 4) is 16.9 Å². The molecule has 3 aromatic carbocycles. The molecule has 0 bridgehead atoms. The fourth-order valence-electron chi connectivity index (χ4n) is 4.97. The molecule has 5 heteroatoms. The van der Waals surface area contributed by atoms with Crippen LogP contribution in [0.15, 0.2) is 83.7 Å². The van der Waals surface area contributed by atoms with Gasteiger partial charge in [-0.1, -0.05) is 50.2 Å². The van der Waals surface area contributed by atoms with Crippen molar-refractivity contribution >= 4 is 28.0 Å². The molecule has 5 aromatic rings. The first-order valence-corrected chi connectivity index (χ1v) is 11.5. The number of carbonyl (C=O) groups is 1. The number of rotatable bonds is 6. The summed E-state index contributed by atoms with van der Waals surface area (Å²) in [4.78, 5) is 25.6. The van der Waals surface area contributed by atoms with E-state index in [1.54, 1.807) is 16.7 Å². The quantitative estimate of drug-likeness (QED) is 0.277. The van der Waals surface area contributed by atoms with Crippen LogP contribution in [-0.4, -0.2) is 15.4 Å². The van der Waals surface area contributed by atoms with Gasteiger partial charge in [-0.05, 0) is 53.9 Å². The van der Waals surface area contributed by atoms with Gasteiger partial charge in [0.25, 0.3) is 5.56 Å². The molecule has 0 saturated heterocycles. The molecule has 0 radical (unpaired) electrons. The fourth-order valence-corrected chi connectivity index (χ4v) is 4.97. The van der Waals surface area contributed by atoms with E-state index in [1.807, 2.05) is 54.6 Å². The normalized spacial score (nSPS) is 11.5. The molecular weight excluding hydrogens is 427 g/mol. The van der Waals surface area contributed by atoms with Crippen molar-refractivity contribution in [1.29, 1.82) is 0 Å². The number of halogens is 1. The number of para-hydroxylation sites is 2. The standard InChI is InChI=1S/C29H25FN2O2/c1-19(2)27-26-25(28(31(27)17-8-18-33)20-13-15-21(30)16-14-20)23-11-6-7-12-24(23)32(29(26)34)22-9-4-3-5-10-22/h3-7,9-16,18-19H,8,17H2,1-2H3. The Kier molecular flexibility index (Phi) is 5.62. The molecule has 0 N–H and O–H groups in total. The summed E-state index contributed by atoms with van der Waals surface area (Å²) in [7, 11) is 0. The van der Waals surface area contributed by atoms with Crippen LogP contribution < -0.4 is 5.56 Å². The van der Waals surface area contributed by atoms with Crippen LogP contribution in [0.25, 0.3) is 38.6 Å². The van der Waals surface area contributed by atoms with E-state index < -0.39 is 0 Å². The van der Waals surface area contributed by atoms with Gasteiger partial charge in [0.15, 0.2) is 0 Å². The lowest BCUT2D eigenvalue weighted by atomic mass is 10.0. The summed E-state index contributed by atoms with van der Waals surface area (Å²) in [6, 6.07) is 23.8. The average Bonchev–Trinajstić information content (AvgIpc) is 3.20. The van der Waals surface area contributed by atoms with Gasteiger partial charge in [0.1, 0.15) is 12.1 Å². The average molecular weight is 453 g/mol. The van der Waals surface area contributed by atoms with Crippen molar-refractivity contribution in [3.05, 3.63) is 101 Å². The monoisotopic (exact) mass is 452 g/mol. The molecule has 2 heterocycles. The van der Waals surface area contributed by atoms with Crippen LogP contribution in [0, 0.1) is 5.82 Å². The van der Waals surface area contributed by atoms with Gasteiger partial charge < -0.3 is 9.36 Å². The van der Waals surface area contributed by atoms with Crippen molar-refractivity contribution in [2.24, 2.45) is 0 Å². The first-order valence-electron chi connectivity index (χ1n) is 11.5. The van der Waals surface area contributed by atoms with Crippen molar-refractivity contribution in [2.45, 2.75) is 32.7 Å². The van der Waals surface area contributed by atoms with E-state index in [4.69, 9.17) is 0 Å². The van der Waals surface area contributed by atoms with Crippen molar-refractivity contribution < 1.29 is 9.18 Å². The molecule has 0 amide bonds. The second kappa shape index (κ2) is 8.75. The van der Waals surface area contributed by atoms with E-state index in [0.29, 0.717) is 18.4 Å². The van der Waals surface area contributed by atoms with Gasteiger partial charge in [-0.15, -0.1) is 0 Å². The third-order valence-corrected chi connectivity index (χ3v) is 6.28. The smallest absolute Gasteiger partial charge is 0.265 e. The van der Waals surface area contributed by atoms with Crippen LogP contribution in [0.2, 0.25) is 0 Å². The summed E-state index contributed by atoms with van der Waals surface area (Å²) >= 11 is 0. The Bertz CT molecular complexity index is 1560. The van der Waals surface area contributed by atoms with E-state index >= 15 is 0 Å². The molecule has 0 aliphatic heterocycles. The molecule has 0 unspecified atom stereocenters. The molecule has 0 fully saturated rings.